The quantitative estimate of drug-likeness (QED) is 0.454. The number of carbonyl (C=O) groups excluding carboxylic acids is 1. The smallest absolute Gasteiger partial charge is 0.236 e. The summed E-state index contributed by atoms with van der Waals surface area (Å²) in [6, 6.07) is 20.1. The van der Waals surface area contributed by atoms with E-state index in [0.29, 0.717) is 5.13 Å². The number of benzene rings is 2. The number of nitrogens with zero attached hydrogens (tertiary/aromatic N) is 1. The lowest BCUT2D eigenvalue weighted by atomic mass is 9.95. The van der Waals surface area contributed by atoms with Crippen LogP contribution in [0.25, 0.3) is 0 Å². The minimum absolute atomic E-state index is 0.0682. The summed E-state index contributed by atoms with van der Waals surface area (Å²) in [6.07, 6.45) is 3.76. The van der Waals surface area contributed by atoms with Crippen molar-refractivity contribution in [2.24, 2.45) is 0 Å². The molecule has 0 radical (unpaired) electrons. The molecule has 1 aliphatic carbocycles. The first-order chi connectivity index (χ1) is 15.2. The highest BCUT2D eigenvalue weighted by Crippen LogP contribution is 2.48. The van der Waals surface area contributed by atoms with Crippen molar-refractivity contribution in [2.45, 2.75) is 59.0 Å². The first kappa shape index (κ1) is 26.5. The van der Waals surface area contributed by atoms with Gasteiger partial charge in [-0.1, -0.05) is 88.4 Å². The molecule has 1 unspecified atom stereocenters. The number of hydrogen-bond donors (Lipinski definition) is 1. The van der Waals surface area contributed by atoms with Crippen LogP contribution < -0.4 is 5.32 Å². The average Bonchev–Trinajstić information content (AvgIpc) is 3.53. The Bertz CT molecular complexity index is 832. The van der Waals surface area contributed by atoms with Crippen LogP contribution >= 0.6 is 11.3 Å². The molecule has 168 valence electrons. The van der Waals surface area contributed by atoms with E-state index in [1.54, 1.807) is 13.3 Å². The molecule has 1 heterocycles. The molecule has 0 bridgehead atoms. The van der Waals surface area contributed by atoms with Crippen LogP contribution in [-0.4, -0.2) is 18.0 Å². The first-order valence-electron chi connectivity index (χ1n) is 11.0. The lowest BCUT2D eigenvalue weighted by Crippen LogP contribution is -2.27. The lowest BCUT2D eigenvalue weighted by Gasteiger charge is -2.14. The zero-order valence-corrected chi connectivity index (χ0v) is 20.4. The molecule has 4 nitrogen and oxygen atoms in total. The van der Waals surface area contributed by atoms with Crippen molar-refractivity contribution in [2.75, 3.05) is 12.4 Å². The zero-order valence-electron chi connectivity index (χ0n) is 19.6. The highest BCUT2D eigenvalue weighted by atomic mass is 32.1. The fourth-order valence-electron chi connectivity index (χ4n) is 2.89. The van der Waals surface area contributed by atoms with Crippen molar-refractivity contribution in [3.63, 3.8) is 0 Å². The van der Waals surface area contributed by atoms with Gasteiger partial charge in [0.15, 0.2) is 5.13 Å². The average molecular weight is 441 g/mol. The maximum Gasteiger partial charge on any atom is 0.236 e. The van der Waals surface area contributed by atoms with Crippen LogP contribution in [0.3, 0.4) is 0 Å². The monoisotopic (exact) mass is 440 g/mol. The molecule has 1 N–H and O–H groups in total. The fraction of sp³-hybridized carbons (Fsp3) is 0.385. The maximum absolute atomic E-state index is 12.3. The molecule has 0 spiro atoms. The van der Waals surface area contributed by atoms with Crippen LogP contribution in [0.5, 0.6) is 0 Å². The summed E-state index contributed by atoms with van der Waals surface area (Å²) < 4.78 is 5.14. The lowest BCUT2D eigenvalue weighted by molar-refractivity contribution is -0.118. The molecule has 3 aromatic rings. The van der Waals surface area contributed by atoms with Crippen LogP contribution in [0.2, 0.25) is 0 Å². The van der Waals surface area contributed by atoms with Crippen molar-refractivity contribution in [3.05, 3.63) is 83.4 Å². The maximum atomic E-state index is 12.3. The van der Waals surface area contributed by atoms with E-state index in [0.717, 1.165) is 18.4 Å². The van der Waals surface area contributed by atoms with Crippen LogP contribution in [0.15, 0.2) is 72.2 Å². The Labute approximate surface area is 191 Å². The first-order valence-corrected chi connectivity index (χ1v) is 11.9. The Balaban J connectivity index is 0.000000295. The van der Waals surface area contributed by atoms with Gasteiger partial charge in [-0.3, -0.25) is 4.79 Å². The number of anilines is 1. The molecule has 1 aromatic heterocycles. The second-order valence-corrected chi connectivity index (χ2v) is 7.42. The molecule has 1 saturated carbocycles. The molecular weight excluding hydrogens is 404 g/mol. The normalized spacial score (nSPS) is 13.6. The second-order valence-electron chi connectivity index (χ2n) is 6.53. The molecule has 4 rings (SSSR count). The summed E-state index contributed by atoms with van der Waals surface area (Å²) in [5.74, 6) is 0.0682. The minimum atomic E-state index is -0.313. The highest BCUT2D eigenvalue weighted by Gasteiger charge is 2.51. The molecule has 5 heteroatoms. The molecule has 1 aliphatic rings. The topological polar surface area (TPSA) is 51.2 Å². The Hall–Kier alpha value is -2.50. The van der Waals surface area contributed by atoms with Crippen LogP contribution in [0.1, 0.15) is 64.7 Å². The largest absolute Gasteiger partial charge is 0.377 e. The summed E-state index contributed by atoms with van der Waals surface area (Å²) >= 11 is 1.45. The Kier molecular flexibility index (Phi) is 12.4. The van der Waals surface area contributed by atoms with E-state index in [-0.39, 0.29) is 17.4 Å². The van der Waals surface area contributed by atoms with Crippen LogP contribution in [0.4, 0.5) is 5.13 Å². The fourth-order valence-corrected chi connectivity index (χ4v) is 3.42. The summed E-state index contributed by atoms with van der Waals surface area (Å²) in [5, 5.41) is 5.43. The van der Waals surface area contributed by atoms with E-state index in [2.05, 4.69) is 22.4 Å². The number of ether oxygens (including phenoxy) is 1. The minimum Gasteiger partial charge on any atom is -0.377 e. The van der Waals surface area contributed by atoms with Gasteiger partial charge in [0.25, 0.3) is 0 Å². The van der Waals surface area contributed by atoms with Crippen molar-refractivity contribution in [1.29, 1.82) is 0 Å². The SMILES string of the molecule is CC.CC.COC(C)c1ccccc1.O=C(Nc1nccs1)C1(c2ccccc2)CC1. The van der Waals surface area contributed by atoms with Crippen molar-refractivity contribution >= 4 is 22.4 Å². The van der Waals surface area contributed by atoms with Gasteiger partial charge in [0, 0.05) is 18.7 Å². The van der Waals surface area contributed by atoms with E-state index in [1.807, 2.05) is 88.5 Å². The van der Waals surface area contributed by atoms with Gasteiger partial charge in [-0.2, -0.15) is 0 Å². The van der Waals surface area contributed by atoms with Crippen molar-refractivity contribution < 1.29 is 9.53 Å². The van der Waals surface area contributed by atoms with Crippen molar-refractivity contribution in [3.8, 4) is 0 Å². The van der Waals surface area contributed by atoms with E-state index in [9.17, 15) is 4.79 Å². The Morgan fingerprint density at radius 2 is 1.55 bits per heavy atom. The van der Waals surface area contributed by atoms with Gasteiger partial charge in [0.05, 0.1) is 11.5 Å². The molecule has 1 amide bonds. The number of nitrogens with one attached hydrogen (secondary N) is 1. The van der Waals surface area contributed by atoms with E-state index < -0.39 is 0 Å². The van der Waals surface area contributed by atoms with Gasteiger partial charge >= 0.3 is 0 Å². The van der Waals surface area contributed by atoms with E-state index >= 15 is 0 Å². The molecule has 1 atom stereocenters. The van der Waals surface area contributed by atoms with Crippen LogP contribution in [0, 0.1) is 0 Å². The number of aromatic nitrogens is 1. The highest BCUT2D eigenvalue weighted by molar-refractivity contribution is 7.13. The predicted octanol–water partition coefficient (Wildman–Crippen LogP) is 7.26. The standard InChI is InChI=1S/C13H12N2OS.C9H12O.2C2H6/c16-11(15-12-14-8-9-17-12)13(6-7-13)10-4-2-1-3-5-10;1-8(10-2)9-6-4-3-5-7-9;2*1-2/h1-5,8-9H,6-7H2,(H,14,15,16);3-8H,1-2H3;2*1-2H3. The molecule has 0 aliphatic heterocycles. The molecule has 31 heavy (non-hydrogen) atoms. The molecule has 2 aromatic carbocycles. The summed E-state index contributed by atoms with van der Waals surface area (Å²) in [5.41, 5.74) is 2.02. The predicted molar refractivity (Wildman–Crippen MR) is 133 cm³/mol. The number of carbonyl (C=O) groups is 1. The number of rotatable bonds is 5. The van der Waals surface area contributed by atoms with Gasteiger partial charge < -0.3 is 10.1 Å². The summed E-state index contributed by atoms with van der Waals surface area (Å²) in [7, 11) is 1.72. The number of methoxy groups -OCH3 is 1. The summed E-state index contributed by atoms with van der Waals surface area (Å²) in [4.78, 5) is 16.3. The van der Waals surface area contributed by atoms with Gasteiger partial charge in [-0.15, -0.1) is 11.3 Å². The Morgan fingerprint density at radius 1 is 1.00 bits per heavy atom. The number of hydrogen-bond acceptors (Lipinski definition) is 4. The zero-order chi connectivity index (χ0) is 23.1. The van der Waals surface area contributed by atoms with E-state index in [4.69, 9.17) is 4.74 Å². The molecule has 0 saturated heterocycles. The van der Waals surface area contributed by atoms with Gasteiger partial charge in [-0.05, 0) is 30.9 Å². The Morgan fingerprint density at radius 3 is 2.00 bits per heavy atom. The third-order valence-corrected chi connectivity index (χ3v) is 5.47. The van der Waals surface area contributed by atoms with Crippen LogP contribution in [-0.2, 0) is 14.9 Å². The molecular formula is C26H36N2O2S. The number of amides is 1. The van der Waals surface area contributed by atoms with Crippen molar-refractivity contribution in [1.82, 2.24) is 4.98 Å². The third-order valence-electron chi connectivity index (χ3n) is 4.79. The third kappa shape index (κ3) is 7.93. The van der Waals surface area contributed by atoms with E-state index in [1.165, 1.54) is 16.9 Å². The summed E-state index contributed by atoms with van der Waals surface area (Å²) in [6.45, 7) is 10.0. The van der Waals surface area contributed by atoms with Gasteiger partial charge in [0.1, 0.15) is 0 Å². The second kappa shape index (κ2) is 14.5. The molecule has 1 fully saturated rings. The number of thiazole rings is 1. The van der Waals surface area contributed by atoms with Gasteiger partial charge in [-0.25, -0.2) is 4.98 Å². The van der Waals surface area contributed by atoms with Gasteiger partial charge in [0.2, 0.25) is 5.91 Å².